The molecule has 100 valence electrons. The molecule has 0 spiro atoms. The molecule has 1 fully saturated rings. The molecule has 3 nitrogen and oxygen atoms in total. The van der Waals surface area contributed by atoms with Crippen LogP contribution in [-0.4, -0.2) is 23.7 Å². The molecular formula is C14H21NO2S. The number of hydrogen-bond acceptors (Lipinski definition) is 3. The number of hydrogen-bond donors (Lipinski definition) is 2. The maximum atomic E-state index is 12.0. The number of amides is 1. The molecule has 0 unspecified atom stereocenters. The Bertz CT molecular complexity index is 419. The van der Waals surface area contributed by atoms with Crippen LogP contribution < -0.4 is 5.32 Å². The Morgan fingerprint density at radius 1 is 1.39 bits per heavy atom. The summed E-state index contributed by atoms with van der Waals surface area (Å²) < 4.78 is 0. The second-order valence-electron chi connectivity index (χ2n) is 5.21. The average Bonchev–Trinajstić information content (AvgIpc) is 2.67. The van der Waals surface area contributed by atoms with Gasteiger partial charge in [0.2, 0.25) is 0 Å². The molecule has 0 aromatic carbocycles. The lowest BCUT2D eigenvalue weighted by atomic mass is 9.87. The van der Waals surface area contributed by atoms with E-state index in [9.17, 15) is 9.90 Å². The molecule has 0 bridgehead atoms. The summed E-state index contributed by atoms with van der Waals surface area (Å²) in [5, 5.41) is 12.5. The van der Waals surface area contributed by atoms with Gasteiger partial charge in [0.05, 0.1) is 11.7 Å². The lowest BCUT2D eigenvalue weighted by Crippen LogP contribution is -2.32. The third-order valence-corrected chi connectivity index (χ3v) is 4.62. The van der Waals surface area contributed by atoms with Crippen molar-refractivity contribution in [1.29, 1.82) is 0 Å². The molecule has 0 radical (unpaired) electrons. The Hall–Kier alpha value is -0.870. The summed E-state index contributed by atoms with van der Waals surface area (Å²) in [6.45, 7) is 4.75. The van der Waals surface area contributed by atoms with Crippen molar-refractivity contribution in [3.63, 3.8) is 0 Å². The maximum absolute atomic E-state index is 12.0. The first-order chi connectivity index (χ1) is 8.56. The van der Waals surface area contributed by atoms with E-state index >= 15 is 0 Å². The normalized spacial score (nSPS) is 23.9. The summed E-state index contributed by atoms with van der Waals surface area (Å²) in [5.74, 6) is 0.570. The van der Waals surface area contributed by atoms with Gasteiger partial charge in [0, 0.05) is 16.3 Å². The standard InChI is InChI=1S/C14H21NO2S/c1-9-7-13(10(2)18-9)14(17)15-8-11-3-5-12(16)6-4-11/h7,11-12,16H,3-6,8H2,1-2H3,(H,15,17). The molecule has 4 heteroatoms. The minimum Gasteiger partial charge on any atom is -0.393 e. The van der Waals surface area contributed by atoms with Gasteiger partial charge in [-0.3, -0.25) is 4.79 Å². The summed E-state index contributed by atoms with van der Waals surface area (Å²) in [4.78, 5) is 14.3. The molecule has 1 heterocycles. The van der Waals surface area contributed by atoms with Crippen molar-refractivity contribution in [2.75, 3.05) is 6.54 Å². The van der Waals surface area contributed by atoms with Crippen LogP contribution in [0.15, 0.2) is 6.07 Å². The lowest BCUT2D eigenvalue weighted by molar-refractivity contribution is 0.0910. The van der Waals surface area contributed by atoms with E-state index in [0.717, 1.165) is 42.7 Å². The Labute approximate surface area is 112 Å². The molecule has 1 amide bonds. The second-order valence-corrected chi connectivity index (χ2v) is 6.67. The Kier molecular flexibility index (Phi) is 4.40. The van der Waals surface area contributed by atoms with E-state index in [1.807, 2.05) is 19.9 Å². The lowest BCUT2D eigenvalue weighted by Gasteiger charge is -2.25. The van der Waals surface area contributed by atoms with Gasteiger partial charge in [0.25, 0.3) is 5.91 Å². The van der Waals surface area contributed by atoms with Gasteiger partial charge in [-0.1, -0.05) is 0 Å². The summed E-state index contributed by atoms with van der Waals surface area (Å²) in [6.07, 6.45) is 3.65. The number of carbonyl (C=O) groups excluding carboxylic acids is 1. The van der Waals surface area contributed by atoms with Crippen LogP contribution in [-0.2, 0) is 0 Å². The number of carbonyl (C=O) groups is 1. The number of aliphatic hydroxyl groups excluding tert-OH is 1. The minimum absolute atomic E-state index is 0.0444. The van der Waals surface area contributed by atoms with E-state index in [1.165, 1.54) is 4.88 Å². The molecule has 2 rings (SSSR count). The van der Waals surface area contributed by atoms with Crippen LogP contribution in [0.5, 0.6) is 0 Å². The van der Waals surface area contributed by atoms with E-state index in [4.69, 9.17) is 0 Å². The van der Waals surface area contributed by atoms with Gasteiger partial charge >= 0.3 is 0 Å². The molecule has 1 aliphatic rings. The molecule has 0 aliphatic heterocycles. The Morgan fingerprint density at radius 2 is 2.06 bits per heavy atom. The SMILES string of the molecule is Cc1cc(C(=O)NCC2CCC(O)CC2)c(C)s1. The van der Waals surface area contributed by atoms with E-state index in [0.29, 0.717) is 5.92 Å². The second kappa shape index (κ2) is 5.85. The van der Waals surface area contributed by atoms with Gasteiger partial charge in [0.15, 0.2) is 0 Å². The van der Waals surface area contributed by atoms with E-state index in [1.54, 1.807) is 11.3 Å². The summed E-state index contributed by atoms with van der Waals surface area (Å²) in [5.41, 5.74) is 0.813. The molecule has 18 heavy (non-hydrogen) atoms. The quantitative estimate of drug-likeness (QED) is 0.884. The van der Waals surface area contributed by atoms with Gasteiger partial charge in [-0.25, -0.2) is 0 Å². The highest BCUT2D eigenvalue weighted by Crippen LogP contribution is 2.24. The third-order valence-electron chi connectivity index (χ3n) is 3.65. The van der Waals surface area contributed by atoms with Gasteiger partial charge in [-0.05, 0) is 51.5 Å². The van der Waals surface area contributed by atoms with Crippen LogP contribution in [0.4, 0.5) is 0 Å². The van der Waals surface area contributed by atoms with Gasteiger partial charge in [-0.2, -0.15) is 0 Å². The van der Waals surface area contributed by atoms with Gasteiger partial charge < -0.3 is 10.4 Å². The van der Waals surface area contributed by atoms with Crippen molar-refractivity contribution in [3.8, 4) is 0 Å². The molecule has 1 saturated carbocycles. The molecule has 2 N–H and O–H groups in total. The van der Waals surface area contributed by atoms with Gasteiger partial charge in [-0.15, -0.1) is 11.3 Å². The number of thiophene rings is 1. The van der Waals surface area contributed by atoms with Crippen LogP contribution in [0, 0.1) is 19.8 Å². The number of aliphatic hydroxyl groups is 1. The molecule has 1 aliphatic carbocycles. The summed E-state index contributed by atoms with van der Waals surface area (Å²) in [7, 11) is 0. The molecule has 1 aromatic rings. The smallest absolute Gasteiger partial charge is 0.252 e. The predicted octanol–water partition coefficient (Wildman–Crippen LogP) is 2.65. The minimum atomic E-state index is -0.126. The van der Waals surface area contributed by atoms with Crippen molar-refractivity contribution in [3.05, 3.63) is 21.4 Å². The van der Waals surface area contributed by atoms with Crippen molar-refractivity contribution < 1.29 is 9.90 Å². The van der Waals surface area contributed by atoms with Crippen molar-refractivity contribution >= 4 is 17.2 Å². The van der Waals surface area contributed by atoms with Crippen molar-refractivity contribution in [2.24, 2.45) is 5.92 Å². The zero-order valence-electron chi connectivity index (χ0n) is 11.0. The Balaban J connectivity index is 1.83. The Morgan fingerprint density at radius 3 is 2.61 bits per heavy atom. The largest absolute Gasteiger partial charge is 0.393 e. The summed E-state index contributed by atoms with van der Waals surface area (Å²) in [6, 6.07) is 1.96. The first-order valence-corrected chi connectivity index (χ1v) is 7.41. The van der Waals surface area contributed by atoms with Gasteiger partial charge in [0.1, 0.15) is 0 Å². The predicted molar refractivity (Wildman–Crippen MR) is 74.1 cm³/mol. The molecule has 0 saturated heterocycles. The zero-order valence-corrected chi connectivity index (χ0v) is 11.8. The van der Waals surface area contributed by atoms with Crippen LogP contribution in [0.1, 0.15) is 45.8 Å². The zero-order chi connectivity index (χ0) is 13.1. The fourth-order valence-corrected chi connectivity index (χ4v) is 3.46. The fraction of sp³-hybridized carbons (Fsp3) is 0.643. The van der Waals surface area contributed by atoms with Crippen LogP contribution >= 0.6 is 11.3 Å². The first kappa shape index (κ1) is 13.6. The van der Waals surface area contributed by atoms with E-state index in [2.05, 4.69) is 5.32 Å². The van der Waals surface area contributed by atoms with Crippen molar-refractivity contribution in [1.82, 2.24) is 5.32 Å². The number of aryl methyl sites for hydroxylation is 2. The highest BCUT2D eigenvalue weighted by Gasteiger charge is 2.20. The monoisotopic (exact) mass is 267 g/mol. The maximum Gasteiger partial charge on any atom is 0.252 e. The highest BCUT2D eigenvalue weighted by atomic mass is 32.1. The van der Waals surface area contributed by atoms with E-state index < -0.39 is 0 Å². The third kappa shape index (κ3) is 3.33. The van der Waals surface area contributed by atoms with Crippen LogP contribution in [0.2, 0.25) is 0 Å². The molecule has 1 aromatic heterocycles. The molecular weight excluding hydrogens is 246 g/mol. The number of nitrogens with one attached hydrogen (secondary N) is 1. The first-order valence-electron chi connectivity index (χ1n) is 6.59. The topological polar surface area (TPSA) is 49.3 Å². The van der Waals surface area contributed by atoms with Crippen LogP contribution in [0.25, 0.3) is 0 Å². The summed E-state index contributed by atoms with van der Waals surface area (Å²) >= 11 is 1.67. The fourth-order valence-electron chi connectivity index (χ4n) is 2.54. The van der Waals surface area contributed by atoms with E-state index in [-0.39, 0.29) is 12.0 Å². The molecule has 0 atom stereocenters. The number of rotatable bonds is 3. The van der Waals surface area contributed by atoms with Crippen molar-refractivity contribution in [2.45, 2.75) is 45.6 Å². The average molecular weight is 267 g/mol. The van der Waals surface area contributed by atoms with Crippen LogP contribution in [0.3, 0.4) is 0 Å². The highest BCUT2D eigenvalue weighted by molar-refractivity contribution is 7.12.